The van der Waals surface area contributed by atoms with E-state index < -0.39 is 11.7 Å². The van der Waals surface area contributed by atoms with Gasteiger partial charge in [0.15, 0.2) is 0 Å². The average Bonchev–Trinajstić information content (AvgIpc) is 3.15. The van der Waals surface area contributed by atoms with Gasteiger partial charge in [-0.05, 0) is 30.3 Å². The average molecular weight is 392 g/mol. The quantitative estimate of drug-likeness (QED) is 0.493. The number of anilines is 1. The second-order valence-electron chi connectivity index (χ2n) is 6.11. The number of para-hydroxylation sites is 1. The molecule has 4 aromatic rings. The van der Waals surface area contributed by atoms with Gasteiger partial charge >= 0.3 is 0 Å². The number of carbonyl (C=O) groups excluding carboxylic acids is 1. The highest BCUT2D eigenvalue weighted by molar-refractivity contribution is 6.31. The number of rotatable bonds is 4. The third-order valence-corrected chi connectivity index (χ3v) is 4.43. The Bertz CT molecular complexity index is 1130. The van der Waals surface area contributed by atoms with Gasteiger partial charge in [0.1, 0.15) is 11.6 Å². The van der Waals surface area contributed by atoms with Crippen molar-refractivity contribution in [3.8, 4) is 16.9 Å². The summed E-state index contributed by atoms with van der Waals surface area (Å²) >= 11 is 5.91. The fraction of sp³-hybridized carbons (Fsp3) is 0. The minimum Gasteiger partial charge on any atom is -0.306 e. The molecule has 0 fully saturated rings. The predicted molar refractivity (Wildman–Crippen MR) is 108 cm³/mol. The first-order chi connectivity index (χ1) is 13.6. The number of benzene rings is 3. The van der Waals surface area contributed by atoms with Gasteiger partial charge in [0.05, 0.1) is 16.9 Å². The molecule has 28 heavy (non-hydrogen) atoms. The Morgan fingerprint density at radius 1 is 0.929 bits per heavy atom. The van der Waals surface area contributed by atoms with Gasteiger partial charge in [-0.1, -0.05) is 60.1 Å². The van der Waals surface area contributed by atoms with Gasteiger partial charge in [-0.2, -0.15) is 5.10 Å². The highest BCUT2D eigenvalue weighted by atomic mass is 35.5. The van der Waals surface area contributed by atoms with E-state index in [0.29, 0.717) is 11.5 Å². The molecular weight excluding hydrogens is 377 g/mol. The Hall–Kier alpha value is -3.44. The summed E-state index contributed by atoms with van der Waals surface area (Å²) in [7, 11) is 0. The van der Waals surface area contributed by atoms with Gasteiger partial charge in [-0.25, -0.2) is 9.07 Å². The highest BCUT2D eigenvalue weighted by Crippen LogP contribution is 2.25. The molecule has 0 aliphatic carbocycles. The van der Waals surface area contributed by atoms with Crippen molar-refractivity contribution in [1.29, 1.82) is 0 Å². The molecule has 4 nitrogen and oxygen atoms in total. The lowest BCUT2D eigenvalue weighted by Crippen LogP contribution is -2.16. The standard InChI is InChI=1S/C22H15ClFN3O/c23-16-11-12-19(24)18(13-16)22(28)25-21-14-20(15-7-3-1-4-8-15)26-27(21)17-9-5-2-6-10-17/h1-14H,(H,25,28). The first-order valence-corrected chi connectivity index (χ1v) is 8.97. The maximum absolute atomic E-state index is 14.1. The monoisotopic (exact) mass is 391 g/mol. The molecule has 0 unspecified atom stereocenters. The number of aromatic nitrogens is 2. The van der Waals surface area contributed by atoms with Crippen LogP contribution in [0.15, 0.2) is 84.9 Å². The van der Waals surface area contributed by atoms with Crippen LogP contribution in [-0.2, 0) is 0 Å². The molecule has 1 amide bonds. The highest BCUT2D eigenvalue weighted by Gasteiger charge is 2.17. The summed E-state index contributed by atoms with van der Waals surface area (Å²) in [5, 5.41) is 7.65. The van der Waals surface area contributed by atoms with Gasteiger partial charge in [-0.3, -0.25) is 4.79 Å². The zero-order chi connectivity index (χ0) is 19.5. The molecule has 0 aliphatic heterocycles. The van der Waals surface area contributed by atoms with E-state index in [1.807, 2.05) is 60.7 Å². The Morgan fingerprint density at radius 2 is 1.61 bits per heavy atom. The molecule has 1 aromatic heterocycles. The Balaban J connectivity index is 1.76. The van der Waals surface area contributed by atoms with Crippen molar-refractivity contribution in [2.75, 3.05) is 5.32 Å². The summed E-state index contributed by atoms with van der Waals surface area (Å²) in [6.07, 6.45) is 0. The van der Waals surface area contributed by atoms with Crippen molar-refractivity contribution in [1.82, 2.24) is 9.78 Å². The number of hydrogen-bond acceptors (Lipinski definition) is 2. The topological polar surface area (TPSA) is 46.9 Å². The minimum atomic E-state index is -0.643. The molecule has 1 N–H and O–H groups in total. The van der Waals surface area contributed by atoms with E-state index in [1.54, 1.807) is 10.7 Å². The van der Waals surface area contributed by atoms with Crippen LogP contribution in [0.25, 0.3) is 16.9 Å². The molecule has 0 saturated heterocycles. The molecule has 0 bridgehead atoms. The van der Waals surface area contributed by atoms with Crippen LogP contribution in [0.2, 0.25) is 5.02 Å². The maximum atomic E-state index is 14.1. The number of carbonyl (C=O) groups is 1. The van der Waals surface area contributed by atoms with Crippen LogP contribution >= 0.6 is 11.6 Å². The fourth-order valence-corrected chi connectivity index (χ4v) is 3.01. The Morgan fingerprint density at radius 3 is 2.32 bits per heavy atom. The van der Waals surface area contributed by atoms with Gasteiger partial charge < -0.3 is 5.32 Å². The number of nitrogens with zero attached hydrogens (tertiary/aromatic N) is 2. The van der Waals surface area contributed by atoms with E-state index >= 15 is 0 Å². The summed E-state index contributed by atoms with van der Waals surface area (Å²) in [4.78, 5) is 12.7. The van der Waals surface area contributed by atoms with Crippen molar-refractivity contribution in [3.63, 3.8) is 0 Å². The molecule has 0 spiro atoms. The van der Waals surface area contributed by atoms with Crippen molar-refractivity contribution >= 4 is 23.3 Å². The molecule has 0 radical (unpaired) electrons. The molecule has 3 aromatic carbocycles. The van der Waals surface area contributed by atoms with Crippen LogP contribution in [0.3, 0.4) is 0 Å². The zero-order valence-corrected chi connectivity index (χ0v) is 15.4. The van der Waals surface area contributed by atoms with Crippen molar-refractivity contribution in [2.24, 2.45) is 0 Å². The van der Waals surface area contributed by atoms with Crippen LogP contribution in [-0.4, -0.2) is 15.7 Å². The van der Waals surface area contributed by atoms with Crippen molar-refractivity contribution < 1.29 is 9.18 Å². The van der Waals surface area contributed by atoms with Crippen molar-refractivity contribution in [2.45, 2.75) is 0 Å². The second-order valence-corrected chi connectivity index (χ2v) is 6.54. The number of hydrogen-bond donors (Lipinski definition) is 1. The molecule has 4 rings (SSSR count). The first kappa shape index (κ1) is 17.9. The third-order valence-electron chi connectivity index (χ3n) is 4.19. The molecule has 0 atom stereocenters. The summed E-state index contributed by atoms with van der Waals surface area (Å²) in [6.45, 7) is 0. The largest absolute Gasteiger partial charge is 0.306 e. The van der Waals surface area contributed by atoms with Gasteiger partial charge in [0, 0.05) is 16.7 Å². The van der Waals surface area contributed by atoms with Crippen LogP contribution in [0.1, 0.15) is 10.4 Å². The molecule has 0 saturated carbocycles. The zero-order valence-electron chi connectivity index (χ0n) is 14.6. The lowest BCUT2D eigenvalue weighted by Gasteiger charge is -2.09. The summed E-state index contributed by atoms with van der Waals surface area (Å²) < 4.78 is 15.7. The van der Waals surface area contributed by atoms with Crippen LogP contribution in [0.4, 0.5) is 10.2 Å². The van der Waals surface area contributed by atoms with Gasteiger partial charge in [0.25, 0.3) is 5.91 Å². The number of halogens is 2. The van der Waals surface area contributed by atoms with E-state index in [4.69, 9.17) is 11.6 Å². The fourth-order valence-electron chi connectivity index (χ4n) is 2.84. The van der Waals surface area contributed by atoms with E-state index in [0.717, 1.165) is 11.3 Å². The maximum Gasteiger partial charge on any atom is 0.259 e. The lowest BCUT2D eigenvalue weighted by atomic mass is 10.1. The minimum absolute atomic E-state index is 0.130. The van der Waals surface area contributed by atoms with Crippen molar-refractivity contribution in [3.05, 3.63) is 101 Å². The van der Waals surface area contributed by atoms with Crippen LogP contribution in [0, 0.1) is 5.82 Å². The second kappa shape index (κ2) is 7.66. The van der Waals surface area contributed by atoms with E-state index in [-0.39, 0.29) is 10.6 Å². The third kappa shape index (κ3) is 3.66. The Labute approximate surface area is 166 Å². The SMILES string of the molecule is O=C(Nc1cc(-c2ccccc2)nn1-c1ccccc1)c1cc(Cl)ccc1F. The van der Waals surface area contributed by atoms with E-state index in [2.05, 4.69) is 10.4 Å². The lowest BCUT2D eigenvalue weighted by molar-refractivity contribution is 0.102. The molecule has 138 valence electrons. The number of nitrogens with one attached hydrogen (secondary N) is 1. The first-order valence-electron chi connectivity index (χ1n) is 8.59. The van der Waals surface area contributed by atoms with Crippen LogP contribution in [0.5, 0.6) is 0 Å². The van der Waals surface area contributed by atoms with Gasteiger partial charge in [-0.15, -0.1) is 0 Å². The molecule has 6 heteroatoms. The summed E-state index contributed by atoms with van der Waals surface area (Å²) in [5.41, 5.74) is 2.23. The summed E-state index contributed by atoms with van der Waals surface area (Å²) in [5.74, 6) is -0.818. The smallest absolute Gasteiger partial charge is 0.259 e. The van der Waals surface area contributed by atoms with Crippen LogP contribution < -0.4 is 5.32 Å². The molecule has 0 aliphatic rings. The summed E-state index contributed by atoms with van der Waals surface area (Å²) in [6, 6.07) is 24.6. The van der Waals surface area contributed by atoms with Gasteiger partial charge in [0.2, 0.25) is 0 Å². The number of amides is 1. The molecular formula is C22H15ClFN3O. The normalized spacial score (nSPS) is 10.6. The predicted octanol–water partition coefficient (Wildman–Crippen LogP) is 5.58. The van der Waals surface area contributed by atoms with E-state index in [9.17, 15) is 9.18 Å². The Kier molecular flexibility index (Phi) is 4.91. The molecule has 1 heterocycles. The van der Waals surface area contributed by atoms with E-state index in [1.165, 1.54) is 18.2 Å².